The maximum absolute atomic E-state index is 9.54. The number of hydrogen-bond donors (Lipinski definition) is 4. The largest absolute Gasteiger partial charge is 0.465 e. The fourth-order valence-electron chi connectivity index (χ4n) is 0.125. The fraction of sp³-hybridized carbons (Fsp3) is 0. The van der Waals surface area contributed by atoms with Gasteiger partial charge in [-0.1, -0.05) is 0 Å². The third kappa shape index (κ3) is 5.84. The lowest BCUT2D eigenvalue weighted by atomic mass is 11.3. The van der Waals surface area contributed by atoms with Crippen LogP contribution in [0.3, 0.4) is 0 Å². The van der Waals surface area contributed by atoms with Crippen molar-refractivity contribution in [1.82, 2.24) is 5.09 Å². The Morgan fingerprint density at radius 3 is 2.00 bits per heavy atom. The van der Waals surface area contributed by atoms with E-state index in [-0.39, 0.29) is 0 Å². The molecule has 5 nitrogen and oxygen atoms in total. The van der Waals surface area contributed by atoms with Crippen LogP contribution in [0.5, 0.6) is 0 Å². The smallest absolute Gasteiger partial charge is 0.411 e. The van der Waals surface area contributed by atoms with E-state index in [1.54, 1.807) is 0 Å². The van der Waals surface area contributed by atoms with Gasteiger partial charge in [0.2, 0.25) is 0 Å². The number of amides is 1. The molecule has 0 radical (unpaired) electrons. The predicted octanol–water partition coefficient (Wildman–Crippen LogP) is -0.537. The summed E-state index contributed by atoms with van der Waals surface area (Å²) in [4.78, 5) is 25.9. The average Bonchev–Trinajstić information content (AvgIpc) is 1.21. The zero-order valence-corrected chi connectivity index (χ0v) is 5.32. The van der Waals surface area contributed by atoms with Gasteiger partial charge in [0.05, 0.1) is 0 Å². The van der Waals surface area contributed by atoms with Crippen molar-refractivity contribution in [1.29, 1.82) is 0 Å². The number of carboxylic acid groups (broad SMARTS) is 1. The van der Waals surface area contributed by atoms with Crippen molar-refractivity contribution in [3.05, 3.63) is 0 Å². The van der Waals surface area contributed by atoms with E-state index in [0.717, 1.165) is 0 Å². The van der Waals surface area contributed by atoms with Gasteiger partial charge in [-0.25, -0.2) is 4.79 Å². The minimum absolute atomic E-state index is 1.34. The number of hydrogen-bond acceptors (Lipinski definition) is 2. The first-order valence-electron chi connectivity index (χ1n) is 1.48. The van der Waals surface area contributed by atoms with Gasteiger partial charge >= 0.3 is 6.09 Å². The maximum atomic E-state index is 9.54. The van der Waals surface area contributed by atoms with Crippen LogP contribution in [0.2, 0.25) is 0 Å². The molecule has 0 aliphatic carbocycles. The Kier molecular flexibility index (Phi) is 2.36. The third-order valence-electron chi connectivity index (χ3n) is 0.241. The molecule has 0 unspecified atom stereocenters. The van der Waals surface area contributed by atoms with Crippen LogP contribution < -0.4 is 5.09 Å². The van der Waals surface area contributed by atoms with Crippen molar-refractivity contribution < 1.29 is 19.7 Å². The molecule has 7 heteroatoms. The molecule has 0 aromatic rings. The van der Waals surface area contributed by atoms with E-state index in [4.69, 9.17) is 14.9 Å². The van der Waals surface area contributed by atoms with Crippen LogP contribution in [0.4, 0.5) is 4.79 Å². The van der Waals surface area contributed by atoms with Crippen molar-refractivity contribution in [2.45, 2.75) is 0 Å². The van der Waals surface area contributed by atoms with E-state index >= 15 is 0 Å². The Morgan fingerprint density at radius 1 is 1.62 bits per heavy atom. The molecule has 0 aliphatic rings. The molecule has 0 fully saturated rings. The molecule has 0 atom stereocenters. The molecular formula is CH4NO4PS. The molecule has 0 aliphatic heterocycles. The summed E-state index contributed by atoms with van der Waals surface area (Å²) < 4.78 is 0. The van der Waals surface area contributed by atoms with Crippen molar-refractivity contribution >= 4 is 24.5 Å². The van der Waals surface area contributed by atoms with Crippen LogP contribution in [0, 0.1) is 0 Å². The lowest BCUT2D eigenvalue weighted by molar-refractivity contribution is 0.199. The summed E-state index contributed by atoms with van der Waals surface area (Å²) in [6.07, 6.45) is -1.53. The molecule has 8 heavy (non-hydrogen) atoms. The van der Waals surface area contributed by atoms with Crippen molar-refractivity contribution in [2.75, 3.05) is 0 Å². The standard InChI is InChI=1S/CH4NO4PS/c3-1(4)2-7(5,6)8/h(H,3,4)(H3,2,5,6,8). The molecule has 48 valence electrons. The first kappa shape index (κ1) is 7.84. The average molecular weight is 157 g/mol. The second kappa shape index (κ2) is 2.41. The lowest BCUT2D eigenvalue weighted by Crippen LogP contribution is -2.16. The summed E-state index contributed by atoms with van der Waals surface area (Å²) in [7, 11) is 0. The molecule has 0 rings (SSSR count). The van der Waals surface area contributed by atoms with Gasteiger partial charge in [0.1, 0.15) is 0 Å². The molecule has 0 heterocycles. The first-order chi connectivity index (χ1) is 3.42. The molecule has 0 saturated heterocycles. The van der Waals surface area contributed by atoms with E-state index in [1.807, 2.05) is 0 Å². The Morgan fingerprint density at radius 2 is 2.00 bits per heavy atom. The van der Waals surface area contributed by atoms with Crippen LogP contribution in [0.15, 0.2) is 0 Å². The Labute approximate surface area is 50.2 Å². The highest BCUT2D eigenvalue weighted by molar-refractivity contribution is 8.08. The minimum Gasteiger partial charge on any atom is -0.465 e. The zero-order chi connectivity index (χ0) is 6.78. The summed E-state index contributed by atoms with van der Waals surface area (Å²) >= 11 is 3.89. The van der Waals surface area contributed by atoms with Crippen LogP contribution >= 0.6 is 6.64 Å². The monoisotopic (exact) mass is 157 g/mol. The van der Waals surface area contributed by atoms with Crippen molar-refractivity contribution in [3.63, 3.8) is 0 Å². The summed E-state index contributed by atoms with van der Waals surface area (Å²) in [5, 5.41) is 9.11. The van der Waals surface area contributed by atoms with E-state index < -0.39 is 12.7 Å². The maximum Gasteiger partial charge on any atom is 0.411 e. The minimum atomic E-state index is -3.74. The Balaban J connectivity index is 3.74. The fourth-order valence-corrected chi connectivity index (χ4v) is 0.608. The molecule has 0 bridgehead atoms. The van der Waals surface area contributed by atoms with E-state index in [2.05, 4.69) is 11.8 Å². The van der Waals surface area contributed by atoms with Gasteiger partial charge in [-0.2, -0.15) is 0 Å². The molecule has 0 spiro atoms. The van der Waals surface area contributed by atoms with E-state index in [9.17, 15) is 4.79 Å². The SMILES string of the molecule is O=C(O)NP(O)(O)=S. The second-order valence-corrected chi connectivity index (χ2v) is 3.80. The van der Waals surface area contributed by atoms with Crippen molar-refractivity contribution in [2.24, 2.45) is 0 Å². The van der Waals surface area contributed by atoms with Crippen LogP contribution in [-0.2, 0) is 11.8 Å². The van der Waals surface area contributed by atoms with Gasteiger partial charge in [0.15, 0.2) is 0 Å². The molecule has 0 saturated carbocycles. The summed E-state index contributed by atoms with van der Waals surface area (Å²) in [5.74, 6) is 0. The topological polar surface area (TPSA) is 89.8 Å². The lowest BCUT2D eigenvalue weighted by Gasteiger charge is -2.03. The molecule has 0 aromatic carbocycles. The third-order valence-corrected chi connectivity index (χ3v) is 0.998. The van der Waals surface area contributed by atoms with Crippen LogP contribution in [0.25, 0.3) is 0 Å². The van der Waals surface area contributed by atoms with Gasteiger partial charge in [-0.05, 0) is 11.8 Å². The first-order valence-corrected chi connectivity index (χ1v) is 4.19. The van der Waals surface area contributed by atoms with E-state index in [1.165, 1.54) is 5.09 Å². The van der Waals surface area contributed by atoms with Crippen LogP contribution in [0.1, 0.15) is 0 Å². The Hall–Kier alpha value is -0.160. The van der Waals surface area contributed by atoms with Gasteiger partial charge in [-0.15, -0.1) is 0 Å². The number of nitrogens with one attached hydrogen (secondary N) is 1. The Bertz CT molecular complexity index is 139. The molecule has 0 aromatic heterocycles. The van der Waals surface area contributed by atoms with Gasteiger partial charge < -0.3 is 14.9 Å². The van der Waals surface area contributed by atoms with Gasteiger partial charge in [-0.3, -0.25) is 5.09 Å². The summed E-state index contributed by atoms with van der Waals surface area (Å²) in [6, 6.07) is 0. The number of rotatable bonds is 1. The number of carbonyl (C=O) groups is 1. The summed E-state index contributed by atoms with van der Waals surface area (Å²) in [6.45, 7) is -3.74. The molecule has 1 amide bonds. The predicted molar refractivity (Wildman–Crippen MR) is 29.9 cm³/mol. The van der Waals surface area contributed by atoms with Crippen LogP contribution in [-0.4, -0.2) is 21.0 Å². The van der Waals surface area contributed by atoms with E-state index in [0.29, 0.717) is 0 Å². The highest BCUT2D eigenvalue weighted by atomic mass is 32.5. The highest BCUT2D eigenvalue weighted by Crippen LogP contribution is 2.27. The summed E-state index contributed by atoms with van der Waals surface area (Å²) in [5.41, 5.74) is 0. The molecule has 4 N–H and O–H groups in total. The molecular weight excluding hydrogens is 153 g/mol. The quantitative estimate of drug-likeness (QED) is 0.384. The normalized spacial score (nSPS) is 10.8. The van der Waals surface area contributed by atoms with Gasteiger partial charge in [0, 0.05) is 0 Å². The van der Waals surface area contributed by atoms with Crippen molar-refractivity contribution in [3.8, 4) is 0 Å². The van der Waals surface area contributed by atoms with Gasteiger partial charge in [0.25, 0.3) is 6.64 Å². The second-order valence-electron chi connectivity index (χ2n) is 0.961. The highest BCUT2D eigenvalue weighted by Gasteiger charge is 2.08. The zero-order valence-electron chi connectivity index (χ0n) is 3.61.